The highest BCUT2D eigenvalue weighted by atomic mass is 35.5. The van der Waals surface area contributed by atoms with Gasteiger partial charge >= 0.3 is 6.03 Å². The summed E-state index contributed by atoms with van der Waals surface area (Å²) < 4.78 is 5.11. The van der Waals surface area contributed by atoms with E-state index in [4.69, 9.17) is 27.9 Å². The summed E-state index contributed by atoms with van der Waals surface area (Å²) in [7, 11) is 1.57. The van der Waals surface area contributed by atoms with Gasteiger partial charge in [-0.2, -0.15) is 0 Å². The zero-order valence-corrected chi connectivity index (χ0v) is 19.7. The number of hydrogen-bond donors (Lipinski definition) is 2. The second-order valence-corrected chi connectivity index (χ2v) is 8.86. The van der Waals surface area contributed by atoms with Gasteiger partial charge < -0.3 is 20.3 Å². The molecule has 0 bridgehead atoms. The van der Waals surface area contributed by atoms with Gasteiger partial charge in [-0.25, -0.2) is 9.78 Å². The van der Waals surface area contributed by atoms with Crippen molar-refractivity contribution in [2.75, 3.05) is 25.6 Å². The second kappa shape index (κ2) is 11.5. The average Bonchev–Trinajstić information content (AvgIpc) is 3.16. The maximum atomic E-state index is 12.8. The Kier molecular flexibility index (Phi) is 9.36. The molecule has 10 heteroatoms. The molecular formula is C20H26Cl2N4O3S. The van der Waals surface area contributed by atoms with E-state index in [1.165, 1.54) is 11.3 Å². The van der Waals surface area contributed by atoms with Crippen LogP contribution in [0.4, 0.5) is 10.5 Å². The minimum atomic E-state index is -0.333. The summed E-state index contributed by atoms with van der Waals surface area (Å²) in [5.41, 5.74) is 0.873. The molecule has 1 heterocycles. The van der Waals surface area contributed by atoms with Crippen LogP contribution in [-0.4, -0.2) is 48.1 Å². The molecule has 0 spiro atoms. The number of methoxy groups -OCH3 is 1. The van der Waals surface area contributed by atoms with Crippen molar-refractivity contribution in [1.29, 1.82) is 0 Å². The van der Waals surface area contributed by atoms with E-state index in [0.29, 0.717) is 45.5 Å². The van der Waals surface area contributed by atoms with Crippen LogP contribution in [0.5, 0.6) is 0 Å². The van der Waals surface area contributed by atoms with Gasteiger partial charge in [0.1, 0.15) is 10.7 Å². The molecule has 0 radical (unpaired) electrons. The average molecular weight is 473 g/mol. The number of urea groups is 1. The largest absolute Gasteiger partial charge is 0.383 e. The third-order valence-corrected chi connectivity index (χ3v) is 6.07. The monoisotopic (exact) mass is 472 g/mol. The topological polar surface area (TPSA) is 83.6 Å². The Morgan fingerprint density at radius 1 is 1.23 bits per heavy atom. The van der Waals surface area contributed by atoms with Crippen LogP contribution in [0.25, 0.3) is 0 Å². The van der Waals surface area contributed by atoms with Crippen molar-refractivity contribution >= 4 is 52.2 Å². The molecule has 2 rings (SSSR count). The lowest BCUT2D eigenvalue weighted by atomic mass is 10.1. The van der Waals surface area contributed by atoms with Crippen LogP contribution in [0.2, 0.25) is 10.0 Å². The zero-order chi connectivity index (χ0) is 22.3. The predicted molar refractivity (Wildman–Crippen MR) is 122 cm³/mol. The first-order valence-electron chi connectivity index (χ1n) is 9.46. The quantitative estimate of drug-likeness (QED) is 0.543. The van der Waals surface area contributed by atoms with Crippen molar-refractivity contribution in [1.82, 2.24) is 15.2 Å². The van der Waals surface area contributed by atoms with Crippen molar-refractivity contribution in [2.24, 2.45) is 5.92 Å². The first kappa shape index (κ1) is 24.4. The van der Waals surface area contributed by atoms with Crippen molar-refractivity contribution < 1.29 is 14.3 Å². The molecule has 3 amide bonds. The number of thiazole rings is 1. The fourth-order valence-electron chi connectivity index (χ4n) is 2.33. The first-order chi connectivity index (χ1) is 14.2. The van der Waals surface area contributed by atoms with Gasteiger partial charge in [0.25, 0.3) is 5.91 Å². The zero-order valence-electron chi connectivity index (χ0n) is 17.4. The Labute approximate surface area is 190 Å². The normalized spacial score (nSPS) is 12.0. The van der Waals surface area contributed by atoms with Gasteiger partial charge in [-0.15, -0.1) is 11.3 Å². The molecule has 0 saturated carbocycles. The molecule has 0 aliphatic heterocycles. The molecule has 0 aliphatic carbocycles. The van der Waals surface area contributed by atoms with E-state index in [0.717, 1.165) is 0 Å². The van der Waals surface area contributed by atoms with E-state index >= 15 is 0 Å². The van der Waals surface area contributed by atoms with Gasteiger partial charge in [0.15, 0.2) is 0 Å². The molecule has 7 nitrogen and oxygen atoms in total. The maximum absolute atomic E-state index is 12.8. The van der Waals surface area contributed by atoms with E-state index < -0.39 is 0 Å². The van der Waals surface area contributed by atoms with E-state index in [2.05, 4.69) is 15.6 Å². The van der Waals surface area contributed by atoms with Crippen molar-refractivity contribution in [2.45, 2.75) is 33.4 Å². The number of amides is 3. The van der Waals surface area contributed by atoms with Gasteiger partial charge in [-0.05, 0) is 31.0 Å². The summed E-state index contributed by atoms with van der Waals surface area (Å²) >= 11 is 13.3. The highest BCUT2D eigenvalue weighted by Crippen LogP contribution is 2.25. The highest BCUT2D eigenvalue weighted by Gasteiger charge is 2.19. The molecule has 0 saturated heterocycles. The Hall–Kier alpha value is -1.87. The van der Waals surface area contributed by atoms with E-state index in [1.807, 2.05) is 20.8 Å². The number of rotatable bonds is 9. The van der Waals surface area contributed by atoms with E-state index in [1.54, 1.807) is 35.6 Å². The van der Waals surface area contributed by atoms with Gasteiger partial charge in [0, 0.05) is 30.8 Å². The lowest BCUT2D eigenvalue weighted by Gasteiger charge is -2.22. The summed E-state index contributed by atoms with van der Waals surface area (Å²) in [6.07, 6.45) is 0. The number of nitrogens with zero attached hydrogens (tertiary/aromatic N) is 2. The first-order valence-corrected chi connectivity index (χ1v) is 11.1. The molecule has 0 aliphatic rings. The number of hydrogen-bond acceptors (Lipinski definition) is 5. The van der Waals surface area contributed by atoms with Gasteiger partial charge in [-0.1, -0.05) is 37.0 Å². The molecule has 1 unspecified atom stereocenters. The number of halogens is 2. The molecule has 164 valence electrons. The summed E-state index contributed by atoms with van der Waals surface area (Å²) in [4.78, 5) is 31.1. The molecule has 1 aromatic carbocycles. The number of anilines is 1. The molecule has 30 heavy (non-hydrogen) atoms. The molecule has 0 fully saturated rings. The fraction of sp³-hybridized carbons (Fsp3) is 0.450. The van der Waals surface area contributed by atoms with Crippen LogP contribution in [0.15, 0.2) is 23.6 Å². The maximum Gasteiger partial charge on any atom is 0.322 e. The minimum Gasteiger partial charge on any atom is -0.383 e. The van der Waals surface area contributed by atoms with E-state index in [-0.39, 0.29) is 24.5 Å². The number of ether oxygens (including phenoxy) is 1. The molecule has 1 atom stereocenters. The Morgan fingerprint density at radius 2 is 1.97 bits per heavy atom. The van der Waals surface area contributed by atoms with Crippen molar-refractivity contribution in [3.05, 3.63) is 44.3 Å². The summed E-state index contributed by atoms with van der Waals surface area (Å²) in [6.45, 7) is 6.99. The van der Waals surface area contributed by atoms with Crippen LogP contribution in [0, 0.1) is 5.92 Å². The highest BCUT2D eigenvalue weighted by molar-refractivity contribution is 7.09. The number of aromatic nitrogens is 1. The van der Waals surface area contributed by atoms with Crippen LogP contribution >= 0.6 is 34.5 Å². The molecule has 2 aromatic rings. The van der Waals surface area contributed by atoms with Crippen LogP contribution in [0.1, 0.15) is 36.3 Å². The summed E-state index contributed by atoms with van der Waals surface area (Å²) in [6, 6.07) is 4.57. The van der Waals surface area contributed by atoms with E-state index in [9.17, 15) is 9.59 Å². The second-order valence-electron chi connectivity index (χ2n) is 7.11. The smallest absolute Gasteiger partial charge is 0.322 e. The van der Waals surface area contributed by atoms with Gasteiger partial charge in [0.05, 0.1) is 23.2 Å². The number of carbonyl (C=O) groups excluding carboxylic acids is 2. The van der Waals surface area contributed by atoms with Crippen LogP contribution < -0.4 is 10.6 Å². The molecule has 1 aromatic heterocycles. The van der Waals surface area contributed by atoms with Crippen molar-refractivity contribution in [3.63, 3.8) is 0 Å². The Balaban J connectivity index is 2.06. The van der Waals surface area contributed by atoms with Crippen LogP contribution in [0.3, 0.4) is 0 Å². The predicted octanol–water partition coefficient (Wildman–Crippen LogP) is 4.90. The standard InChI is InChI=1S/C20H26Cl2N4O3S/c1-12(2)13(3)23-19(27)17-11-30-18(25-17)10-26(7-8-29-4)20(28)24-14-5-6-15(21)16(22)9-14/h5-6,9,11-13H,7-8,10H2,1-4H3,(H,23,27)(H,24,28). The summed E-state index contributed by atoms with van der Waals surface area (Å²) in [5, 5.41) is 8.83. The fourth-order valence-corrected chi connectivity index (χ4v) is 3.42. The summed E-state index contributed by atoms with van der Waals surface area (Å²) in [5.74, 6) is 0.101. The van der Waals surface area contributed by atoms with Crippen LogP contribution in [-0.2, 0) is 11.3 Å². The molecule has 2 N–H and O–H groups in total. The van der Waals surface area contributed by atoms with Gasteiger partial charge in [-0.3, -0.25) is 4.79 Å². The van der Waals surface area contributed by atoms with Crippen molar-refractivity contribution in [3.8, 4) is 0 Å². The number of carbonyl (C=O) groups is 2. The lowest BCUT2D eigenvalue weighted by molar-refractivity contribution is 0.0926. The third kappa shape index (κ3) is 7.12. The Morgan fingerprint density at radius 3 is 2.60 bits per heavy atom. The lowest BCUT2D eigenvalue weighted by Crippen LogP contribution is -2.37. The molecular weight excluding hydrogens is 447 g/mol. The number of nitrogens with one attached hydrogen (secondary N) is 2. The number of benzene rings is 1. The SMILES string of the molecule is COCCN(Cc1nc(C(=O)NC(C)C(C)C)cs1)C(=O)Nc1ccc(Cl)c(Cl)c1. The van der Waals surface area contributed by atoms with Gasteiger partial charge in [0.2, 0.25) is 0 Å². The third-order valence-electron chi connectivity index (χ3n) is 4.49. The Bertz CT molecular complexity index is 875. The minimum absolute atomic E-state index is 0.0397.